The fourth-order valence-corrected chi connectivity index (χ4v) is 1.70. The van der Waals surface area contributed by atoms with Crippen LogP contribution in [-0.4, -0.2) is 33.0 Å². The lowest BCUT2D eigenvalue weighted by Crippen LogP contribution is -2.01. The number of hydrogen-bond donors (Lipinski definition) is 1. The van der Waals surface area contributed by atoms with Crippen LogP contribution >= 0.6 is 15.9 Å². The highest BCUT2D eigenvalue weighted by atomic mass is 79.9. The van der Waals surface area contributed by atoms with Gasteiger partial charge in [0, 0.05) is 12.3 Å². The highest BCUT2D eigenvalue weighted by molar-refractivity contribution is 9.10. The maximum atomic E-state index is 10.8. The second-order valence-corrected chi connectivity index (χ2v) is 3.99. The fraction of sp³-hybridized carbons (Fsp3) is 0.100. The number of carboxylic acid groups (broad SMARTS) is 1. The number of rotatable bonds is 3. The predicted molar refractivity (Wildman–Crippen MR) is 62.6 cm³/mol. The molecule has 0 fully saturated rings. The predicted octanol–water partition coefficient (Wildman–Crippen LogP) is 1.74. The van der Waals surface area contributed by atoms with Crippen molar-refractivity contribution in [2.45, 2.75) is 0 Å². The van der Waals surface area contributed by atoms with Crippen LogP contribution in [0.2, 0.25) is 0 Å². The first-order chi connectivity index (χ1) is 8.11. The zero-order valence-electron chi connectivity index (χ0n) is 8.79. The highest BCUT2D eigenvalue weighted by Crippen LogP contribution is 2.18. The molecule has 0 amide bonds. The normalized spacial score (nSPS) is 10.2. The summed E-state index contributed by atoms with van der Waals surface area (Å²) in [4.78, 5) is 14.8. The summed E-state index contributed by atoms with van der Waals surface area (Å²) in [6, 6.07) is 3.41. The monoisotopic (exact) mass is 297 g/mol. The SMILES string of the molecule is COc1ccc(-n2cc(Br)c(C(=O)O)n2)cn1. The lowest BCUT2D eigenvalue weighted by atomic mass is 10.4. The van der Waals surface area contributed by atoms with Gasteiger partial charge in [-0.25, -0.2) is 14.5 Å². The van der Waals surface area contributed by atoms with E-state index in [1.807, 2.05) is 0 Å². The molecule has 2 aromatic rings. The number of nitrogens with zero attached hydrogens (tertiary/aromatic N) is 3. The number of carboxylic acids is 1. The number of aromatic nitrogens is 3. The molecule has 0 aromatic carbocycles. The number of hydrogen-bond acceptors (Lipinski definition) is 4. The van der Waals surface area contributed by atoms with E-state index >= 15 is 0 Å². The molecule has 0 unspecified atom stereocenters. The van der Waals surface area contributed by atoms with E-state index < -0.39 is 5.97 Å². The fourth-order valence-electron chi connectivity index (χ4n) is 1.26. The zero-order chi connectivity index (χ0) is 12.4. The molecule has 6 nitrogen and oxygen atoms in total. The topological polar surface area (TPSA) is 77.2 Å². The summed E-state index contributed by atoms with van der Waals surface area (Å²) >= 11 is 3.13. The van der Waals surface area contributed by atoms with Crippen molar-refractivity contribution in [3.63, 3.8) is 0 Å². The summed E-state index contributed by atoms with van der Waals surface area (Å²) in [6.07, 6.45) is 3.11. The molecule has 0 aliphatic heterocycles. The molecular weight excluding hydrogens is 290 g/mol. The molecule has 2 rings (SSSR count). The van der Waals surface area contributed by atoms with Gasteiger partial charge in [-0.1, -0.05) is 0 Å². The van der Waals surface area contributed by atoms with E-state index in [2.05, 4.69) is 26.0 Å². The second-order valence-electron chi connectivity index (χ2n) is 3.13. The minimum absolute atomic E-state index is 0.0409. The van der Waals surface area contributed by atoms with Gasteiger partial charge in [0.25, 0.3) is 0 Å². The lowest BCUT2D eigenvalue weighted by molar-refractivity contribution is 0.0689. The zero-order valence-corrected chi connectivity index (χ0v) is 10.4. The average Bonchev–Trinajstić information content (AvgIpc) is 2.71. The molecule has 0 radical (unpaired) electrons. The van der Waals surface area contributed by atoms with Crippen LogP contribution in [0.5, 0.6) is 5.88 Å². The van der Waals surface area contributed by atoms with Gasteiger partial charge in [0.1, 0.15) is 0 Å². The molecule has 88 valence electrons. The van der Waals surface area contributed by atoms with Crippen molar-refractivity contribution >= 4 is 21.9 Å². The van der Waals surface area contributed by atoms with Crippen LogP contribution in [0.25, 0.3) is 5.69 Å². The summed E-state index contributed by atoms with van der Waals surface area (Å²) in [5.74, 6) is -0.601. The Bertz CT molecular complexity index is 550. The largest absolute Gasteiger partial charge is 0.481 e. The Morgan fingerprint density at radius 3 is 2.76 bits per heavy atom. The van der Waals surface area contributed by atoms with Crippen molar-refractivity contribution in [3.05, 3.63) is 34.7 Å². The van der Waals surface area contributed by atoms with Crippen molar-refractivity contribution in [2.75, 3.05) is 7.11 Å². The second kappa shape index (κ2) is 4.54. The molecule has 2 heterocycles. The Hall–Kier alpha value is -1.89. The van der Waals surface area contributed by atoms with Crippen molar-refractivity contribution in [1.82, 2.24) is 14.8 Å². The van der Waals surface area contributed by atoms with Gasteiger partial charge in [-0.3, -0.25) is 0 Å². The Labute approximate surface area is 105 Å². The summed E-state index contributed by atoms with van der Waals surface area (Å²) < 4.78 is 6.78. The number of aromatic carboxylic acids is 1. The first kappa shape index (κ1) is 11.6. The molecule has 0 saturated carbocycles. The van der Waals surface area contributed by atoms with Crippen molar-refractivity contribution in [3.8, 4) is 11.6 Å². The van der Waals surface area contributed by atoms with Gasteiger partial charge in [-0.05, 0) is 22.0 Å². The Kier molecular flexibility index (Phi) is 3.10. The first-order valence-corrected chi connectivity index (χ1v) is 5.40. The van der Waals surface area contributed by atoms with Crippen LogP contribution in [0, 0.1) is 0 Å². The van der Waals surface area contributed by atoms with Crippen LogP contribution < -0.4 is 4.74 Å². The maximum Gasteiger partial charge on any atom is 0.357 e. The third kappa shape index (κ3) is 2.28. The Morgan fingerprint density at radius 2 is 2.29 bits per heavy atom. The van der Waals surface area contributed by atoms with E-state index in [9.17, 15) is 4.79 Å². The highest BCUT2D eigenvalue weighted by Gasteiger charge is 2.14. The minimum atomic E-state index is -1.09. The summed E-state index contributed by atoms with van der Waals surface area (Å²) in [6.45, 7) is 0. The maximum absolute atomic E-state index is 10.8. The van der Waals surface area contributed by atoms with Gasteiger partial charge in [0.05, 0.1) is 23.5 Å². The minimum Gasteiger partial charge on any atom is -0.481 e. The van der Waals surface area contributed by atoms with E-state index in [1.165, 1.54) is 11.8 Å². The van der Waals surface area contributed by atoms with E-state index in [4.69, 9.17) is 9.84 Å². The third-order valence-electron chi connectivity index (χ3n) is 2.07. The molecule has 0 bridgehead atoms. The molecule has 0 aliphatic carbocycles. The molecular formula is C10H8BrN3O3. The van der Waals surface area contributed by atoms with Gasteiger partial charge in [-0.2, -0.15) is 5.10 Å². The summed E-state index contributed by atoms with van der Waals surface area (Å²) in [5, 5.41) is 12.8. The number of carbonyl (C=O) groups is 1. The average molecular weight is 298 g/mol. The molecule has 0 saturated heterocycles. The van der Waals surface area contributed by atoms with Gasteiger partial charge in [-0.15, -0.1) is 0 Å². The van der Waals surface area contributed by atoms with Gasteiger partial charge in [0.15, 0.2) is 5.69 Å². The van der Waals surface area contributed by atoms with Crippen LogP contribution in [0.1, 0.15) is 10.5 Å². The van der Waals surface area contributed by atoms with E-state index in [1.54, 1.807) is 24.5 Å². The van der Waals surface area contributed by atoms with Gasteiger partial charge >= 0.3 is 5.97 Å². The lowest BCUT2D eigenvalue weighted by Gasteiger charge is -2.01. The number of halogens is 1. The first-order valence-electron chi connectivity index (χ1n) is 4.60. The smallest absolute Gasteiger partial charge is 0.357 e. The molecule has 0 atom stereocenters. The number of methoxy groups -OCH3 is 1. The van der Waals surface area contributed by atoms with Crippen LogP contribution in [0.15, 0.2) is 29.0 Å². The molecule has 7 heteroatoms. The molecule has 1 N–H and O–H groups in total. The van der Waals surface area contributed by atoms with Crippen LogP contribution in [-0.2, 0) is 0 Å². The third-order valence-corrected chi connectivity index (χ3v) is 2.65. The quantitative estimate of drug-likeness (QED) is 0.934. The van der Waals surface area contributed by atoms with Gasteiger partial charge in [0.2, 0.25) is 5.88 Å². The number of ether oxygens (including phenoxy) is 1. The summed E-state index contributed by atoms with van der Waals surface area (Å²) in [5.41, 5.74) is 0.611. The van der Waals surface area contributed by atoms with E-state index in [-0.39, 0.29) is 5.69 Å². The standard InChI is InChI=1S/C10H8BrN3O3/c1-17-8-3-2-6(4-12-8)14-5-7(11)9(13-14)10(15)16/h2-5H,1H3,(H,15,16). The van der Waals surface area contributed by atoms with Crippen molar-refractivity contribution in [2.24, 2.45) is 0 Å². The van der Waals surface area contributed by atoms with E-state index in [0.29, 0.717) is 16.0 Å². The van der Waals surface area contributed by atoms with Crippen LogP contribution in [0.4, 0.5) is 0 Å². The molecule has 17 heavy (non-hydrogen) atoms. The van der Waals surface area contributed by atoms with Gasteiger partial charge < -0.3 is 9.84 Å². The molecule has 0 spiro atoms. The molecule has 2 aromatic heterocycles. The summed E-state index contributed by atoms with van der Waals surface area (Å²) in [7, 11) is 1.52. The van der Waals surface area contributed by atoms with Crippen molar-refractivity contribution in [1.29, 1.82) is 0 Å². The Morgan fingerprint density at radius 1 is 1.53 bits per heavy atom. The van der Waals surface area contributed by atoms with Crippen LogP contribution in [0.3, 0.4) is 0 Å². The van der Waals surface area contributed by atoms with E-state index in [0.717, 1.165) is 0 Å². The van der Waals surface area contributed by atoms with Crippen molar-refractivity contribution < 1.29 is 14.6 Å². The Balaban J connectivity index is 2.39. The number of pyridine rings is 1. The molecule has 0 aliphatic rings.